The van der Waals surface area contributed by atoms with Gasteiger partial charge in [-0.1, -0.05) is 63.9 Å². The topological polar surface area (TPSA) is 12.0 Å². The Morgan fingerprint density at radius 1 is 1.14 bits per heavy atom. The second kappa shape index (κ2) is 8.41. The third-order valence-electron chi connectivity index (χ3n) is 3.61. The van der Waals surface area contributed by atoms with E-state index in [4.69, 9.17) is 23.2 Å². The van der Waals surface area contributed by atoms with E-state index in [1.807, 2.05) is 12.1 Å². The molecule has 0 aliphatic carbocycles. The molecular weight excluding hydrogens is 301 g/mol. The smallest absolute Gasteiger partial charge is 0.0595 e. The van der Waals surface area contributed by atoms with Gasteiger partial charge in [0.15, 0.2) is 0 Å². The second-order valence-electron chi connectivity index (χ2n) is 7.31. The molecular formula is C18H29Cl2N. The summed E-state index contributed by atoms with van der Waals surface area (Å²) in [7, 11) is 0. The highest BCUT2D eigenvalue weighted by Crippen LogP contribution is 2.28. The van der Waals surface area contributed by atoms with Crippen molar-refractivity contribution in [3.63, 3.8) is 0 Å². The zero-order chi connectivity index (χ0) is 16.0. The van der Waals surface area contributed by atoms with E-state index in [0.29, 0.717) is 27.4 Å². The molecule has 0 aliphatic heterocycles. The molecule has 0 fully saturated rings. The lowest BCUT2D eigenvalue weighted by atomic mass is 9.82. The fourth-order valence-corrected chi connectivity index (χ4v) is 3.41. The van der Waals surface area contributed by atoms with Crippen LogP contribution < -0.4 is 5.32 Å². The number of likely N-dealkylation sites (N-methyl/N-ethyl adjacent to an activating group) is 1. The number of halogens is 2. The fraction of sp³-hybridized carbons (Fsp3) is 0.667. The van der Waals surface area contributed by atoms with Crippen LogP contribution in [0.4, 0.5) is 0 Å². The van der Waals surface area contributed by atoms with Gasteiger partial charge in [0.25, 0.3) is 0 Å². The van der Waals surface area contributed by atoms with Gasteiger partial charge in [0.05, 0.1) is 10.0 Å². The maximum Gasteiger partial charge on any atom is 0.0595 e. The first kappa shape index (κ1) is 18.8. The predicted octanol–water partition coefficient (Wildman–Crippen LogP) is 5.98. The molecule has 0 aromatic heterocycles. The summed E-state index contributed by atoms with van der Waals surface area (Å²) in [5.74, 6) is 0.705. The van der Waals surface area contributed by atoms with Gasteiger partial charge in [-0.2, -0.15) is 0 Å². The Morgan fingerprint density at radius 3 is 2.33 bits per heavy atom. The van der Waals surface area contributed by atoms with Crippen LogP contribution >= 0.6 is 23.2 Å². The quantitative estimate of drug-likeness (QED) is 0.649. The van der Waals surface area contributed by atoms with Crippen LogP contribution in [0.5, 0.6) is 0 Å². The Labute approximate surface area is 140 Å². The van der Waals surface area contributed by atoms with Gasteiger partial charge in [0.2, 0.25) is 0 Å². The Kier molecular flexibility index (Phi) is 7.53. The summed E-state index contributed by atoms with van der Waals surface area (Å²) >= 11 is 12.1. The summed E-state index contributed by atoms with van der Waals surface area (Å²) in [4.78, 5) is 0. The van der Waals surface area contributed by atoms with E-state index in [0.717, 1.165) is 13.0 Å². The average Bonchev–Trinajstić information content (AvgIpc) is 2.31. The first-order valence-electron chi connectivity index (χ1n) is 7.88. The van der Waals surface area contributed by atoms with Gasteiger partial charge in [-0.05, 0) is 54.8 Å². The molecule has 0 bridgehead atoms. The first-order valence-corrected chi connectivity index (χ1v) is 8.64. The molecule has 1 aromatic rings. The van der Waals surface area contributed by atoms with Crippen molar-refractivity contribution >= 4 is 23.2 Å². The molecule has 1 N–H and O–H groups in total. The fourth-order valence-electron chi connectivity index (χ4n) is 3.09. The van der Waals surface area contributed by atoms with Crippen molar-refractivity contribution < 1.29 is 0 Å². The lowest BCUT2D eigenvalue weighted by Gasteiger charge is -2.27. The molecule has 120 valence electrons. The van der Waals surface area contributed by atoms with Gasteiger partial charge in [0, 0.05) is 6.04 Å². The number of nitrogens with one attached hydrogen (secondary N) is 1. The zero-order valence-corrected chi connectivity index (χ0v) is 15.5. The minimum atomic E-state index is 0.389. The molecule has 1 aromatic carbocycles. The molecule has 1 nitrogen and oxygen atoms in total. The minimum Gasteiger partial charge on any atom is -0.314 e. The SMILES string of the molecule is CCNC(Cc1ccc(Cl)c(Cl)c1)CC(C)CC(C)(C)C. The van der Waals surface area contributed by atoms with Crippen LogP contribution in [0.15, 0.2) is 18.2 Å². The van der Waals surface area contributed by atoms with E-state index in [1.165, 1.54) is 18.4 Å². The highest BCUT2D eigenvalue weighted by atomic mass is 35.5. The Hall–Kier alpha value is -0.240. The van der Waals surface area contributed by atoms with Crippen LogP contribution in [0.1, 0.15) is 53.0 Å². The molecule has 0 spiro atoms. The van der Waals surface area contributed by atoms with Crippen molar-refractivity contribution in [2.24, 2.45) is 11.3 Å². The number of rotatable bonds is 7. The van der Waals surface area contributed by atoms with Gasteiger partial charge < -0.3 is 5.32 Å². The molecule has 2 unspecified atom stereocenters. The lowest BCUT2D eigenvalue weighted by molar-refractivity contribution is 0.275. The standard InChI is InChI=1S/C18H29Cl2N/c1-6-21-15(9-13(2)12-18(3,4)5)10-14-7-8-16(19)17(20)11-14/h7-8,11,13,15,21H,6,9-10,12H2,1-5H3. The van der Waals surface area contributed by atoms with Crippen LogP contribution in [0, 0.1) is 11.3 Å². The van der Waals surface area contributed by atoms with Crippen LogP contribution in [-0.4, -0.2) is 12.6 Å². The number of benzene rings is 1. The van der Waals surface area contributed by atoms with Crippen LogP contribution in [-0.2, 0) is 6.42 Å². The normalized spacial score (nSPS) is 15.0. The van der Waals surface area contributed by atoms with Crippen molar-refractivity contribution in [1.82, 2.24) is 5.32 Å². The average molecular weight is 330 g/mol. The molecule has 0 heterocycles. The molecule has 0 amide bonds. The molecule has 0 saturated heterocycles. The highest BCUT2D eigenvalue weighted by molar-refractivity contribution is 6.42. The van der Waals surface area contributed by atoms with E-state index in [2.05, 4.69) is 46.0 Å². The van der Waals surface area contributed by atoms with Crippen molar-refractivity contribution in [2.75, 3.05) is 6.54 Å². The van der Waals surface area contributed by atoms with Crippen molar-refractivity contribution in [3.05, 3.63) is 33.8 Å². The summed E-state index contributed by atoms with van der Waals surface area (Å²) < 4.78 is 0. The van der Waals surface area contributed by atoms with Crippen LogP contribution in [0.2, 0.25) is 10.0 Å². The lowest BCUT2D eigenvalue weighted by Crippen LogP contribution is -2.33. The molecule has 0 radical (unpaired) electrons. The highest BCUT2D eigenvalue weighted by Gasteiger charge is 2.19. The third kappa shape index (κ3) is 7.54. The zero-order valence-electron chi connectivity index (χ0n) is 14.0. The van der Waals surface area contributed by atoms with Gasteiger partial charge in [-0.3, -0.25) is 0 Å². The maximum atomic E-state index is 6.11. The van der Waals surface area contributed by atoms with Crippen LogP contribution in [0.25, 0.3) is 0 Å². The molecule has 2 atom stereocenters. The predicted molar refractivity (Wildman–Crippen MR) is 95.5 cm³/mol. The maximum absolute atomic E-state index is 6.11. The van der Waals surface area contributed by atoms with Crippen molar-refractivity contribution in [1.29, 1.82) is 0 Å². The monoisotopic (exact) mass is 329 g/mol. The minimum absolute atomic E-state index is 0.389. The van der Waals surface area contributed by atoms with E-state index in [9.17, 15) is 0 Å². The third-order valence-corrected chi connectivity index (χ3v) is 4.35. The number of hydrogen-bond donors (Lipinski definition) is 1. The van der Waals surface area contributed by atoms with Crippen LogP contribution in [0.3, 0.4) is 0 Å². The Morgan fingerprint density at radius 2 is 1.81 bits per heavy atom. The largest absolute Gasteiger partial charge is 0.314 e. The van der Waals surface area contributed by atoms with Gasteiger partial charge >= 0.3 is 0 Å². The summed E-state index contributed by atoms with van der Waals surface area (Å²) in [5.41, 5.74) is 1.64. The molecule has 21 heavy (non-hydrogen) atoms. The first-order chi connectivity index (χ1) is 9.71. The Bertz CT molecular complexity index is 437. The summed E-state index contributed by atoms with van der Waals surface area (Å²) in [5, 5.41) is 4.88. The van der Waals surface area contributed by atoms with Gasteiger partial charge in [-0.15, -0.1) is 0 Å². The van der Waals surface area contributed by atoms with E-state index in [1.54, 1.807) is 0 Å². The molecule has 3 heteroatoms. The van der Waals surface area contributed by atoms with E-state index >= 15 is 0 Å². The van der Waals surface area contributed by atoms with Gasteiger partial charge in [-0.25, -0.2) is 0 Å². The van der Waals surface area contributed by atoms with E-state index < -0.39 is 0 Å². The van der Waals surface area contributed by atoms with Crippen molar-refractivity contribution in [3.8, 4) is 0 Å². The second-order valence-corrected chi connectivity index (χ2v) is 8.13. The number of hydrogen-bond acceptors (Lipinski definition) is 1. The van der Waals surface area contributed by atoms with E-state index in [-0.39, 0.29) is 0 Å². The summed E-state index contributed by atoms with van der Waals surface area (Å²) in [6.45, 7) is 12.4. The van der Waals surface area contributed by atoms with Crippen molar-refractivity contribution in [2.45, 2.75) is 59.9 Å². The van der Waals surface area contributed by atoms with Gasteiger partial charge in [0.1, 0.15) is 0 Å². The molecule has 0 aliphatic rings. The summed E-state index contributed by atoms with van der Waals surface area (Å²) in [6, 6.07) is 6.45. The molecule has 1 rings (SSSR count). The molecule has 0 saturated carbocycles. The summed E-state index contributed by atoms with van der Waals surface area (Å²) in [6.07, 6.45) is 3.43. The Balaban J connectivity index is 2.66.